The van der Waals surface area contributed by atoms with E-state index in [4.69, 9.17) is 4.74 Å². The number of aromatic nitrogens is 2. The Morgan fingerprint density at radius 2 is 2.09 bits per heavy atom. The lowest BCUT2D eigenvalue weighted by Crippen LogP contribution is -2.47. The van der Waals surface area contributed by atoms with Crippen molar-refractivity contribution in [2.45, 2.75) is 45.6 Å². The first-order chi connectivity index (χ1) is 11.1. The average Bonchev–Trinajstić information content (AvgIpc) is 2.58. The number of nitrogens with one attached hydrogen (secondary N) is 1. The van der Waals surface area contributed by atoms with Crippen LogP contribution in [0.4, 0.5) is 5.82 Å². The Kier molecular flexibility index (Phi) is 5.10. The number of amides is 1. The number of nitrogens with zero attached hydrogens (tertiary/aromatic N) is 3. The molecule has 1 unspecified atom stereocenters. The molecule has 0 saturated carbocycles. The summed E-state index contributed by atoms with van der Waals surface area (Å²) in [5.74, 6) is 1.14. The maximum Gasteiger partial charge on any atom is 0.225 e. The topological polar surface area (TPSA) is 67.4 Å². The standard InChI is InChI=1S/C17H26N4O2/c1-12-10-18-13(2)16(19-12)21-7-3-4-14(11-21)17(22)20-15-5-8-23-9-6-15/h10,14-15H,3-9,11H2,1-2H3,(H,20,22). The molecule has 1 amide bonds. The van der Waals surface area contributed by atoms with Gasteiger partial charge < -0.3 is 15.0 Å². The van der Waals surface area contributed by atoms with Gasteiger partial charge in [0.15, 0.2) is 0 Å². The fourth-order valence-corrected chi connectivity index (χ4v) is 3.37. The van der Waals surface area contributed by atoms with Crippen LogP contribution in [0, 0.1) is 19.8 Å². The van der Waals surface area contributed by atoms with Gasteiger partial charge in [-0.05, 0) is 39.5 Å². The van der Waals surface area contributed by atoms with E-state index in [0.29, 0.717) is 0 Å². The average molecular weight is 318 g/mol. The van der Waals surface area contributed by atoms with E-state index in [-0.39, 0.29) is 17.9 Å². The summed E-state index contributed by atoms with van der Waals surface area (Å²) in [6, 6.07) is 0.270. The molecule has 2 aliphatic heterocycles. The van der Waals surface area contributed by atoms with Gasteiger partial charge in [-0.1, -0.05) is 0 Å². The molecule has 0 aliphatic carbocycles. The number of rotatable bonds is 3. The molecule has 6 heteroatoms. The molecule has 2 aliphatic rings. The lowest BCUT2D eigenvalue weighted by molar-refractivity contribution is -0.126. The van der Waals surface area contributed by atoms with Crippen molar-refractivity contribution in [3.05, 3.63) is 17.6 Å². The van der Waals surface area contributed by atoms with E-state index >= 15 is 0 Å². The van der Waals surface area contributed by atoms with Crippen molar-refractivity contribution < 1.29 is 9.53 Å². The molecule has 3 rings (SSSR count). The third-order valence-electron chi connectivity index (χ3n) is 4.71. The van der Waals surface area contributed by atoms with Gasteiger partial charge >= 0.3 is 0 Å². The molecule has 0 bridgehead atoms. The number of piperidine rings is 1. The van der Waals surface area contributed by atoms with Crippen LogP contribution < -0.4 is 10.2 Å². The zero-order valence-electron chi connectivity index (χ0n) is 14.0. The smallest absolute Gasteiger partial charge is 0.225 e. The first kappa shape index (κ1) is 16.2. The van der Waals surface area contributed by atoms with Gasteiger partial charge in [0.25, 0.3) is 0 Å². The highest BCUT2D eigenvalue weighted by Crippen LogP contribution is 2.24. The second kappa shape index (κ2) is 7.25. The predicted molar refractivity (Wildman–Crippen MR) is 88.4 cm³/mol. The Morgan fingerprint density at radius 3 is 2.87 bits per heavy atom. The van der Waals surface area contributed by atoms with E-state index in [1.807, 2.05) is 13.8 Å². The lowest BCUT2D eigenvalue weighted by atomic mass is 9.96. The number of hydrogen-bond acceptors (Lipinski definition) is 5. The van der Waals surface area contributed by atoms with Crippen LogP contribution >= 0.6 is 0 Å². The SMILES string of the molecule is Cc1cnc(C)c(N2CCCC(C(=O)NC3CCOCC3)C2)n1. The van der Waals surface area contributed by atoms with Crippen molar-refractivity contribution in [2.75, 3.05) is 31.2 Å². The van der Waals surface area contributed by atoms with Crippen LogP contribution in [-0.2, 0) is 9.53 Å². The molecule has 6 nitrogen and oxygen atoms in total. The van der Waals surface area contributed by atoms with Gasteiger partial charge in [0, 0.05) is 38.5 Å². The van der Waals surface area contributed by atoms with Gasteiger partial charge in [0.1, 0.15) is 5.82 Å². The predicted octanol–water partition coefficient (Wildman–Crippen LogP) is 1.61. The minimum absolute atomic E-state index is 0.0355. The van der Waals surface area contributed by atoms with Gasteiger partial charge in [-0.25, -0.2) is 4.98 Å². The molecule has 126 valence electrons. The number of aryl methyl sites for hydroxylation is 2. The molecule has 2 fully saturated rings. The third-order valence-corrected chi connectivity index (χ3v) is 4.71. The zero-order valence-corrected chi connectivity index (χ0v) is 14.0. The largest absolute Gasteiger partial charge is 0.381 e. The van der Waals surface area contributed by atoms with Crippen LogP contribution in [0.15, 0.2) is 6.20 Å². The molecule has 0 radical (unpaired) electrons. The molecule has 0 aromatic carbocycles. The number of carbonyl (C=O) groups excluding carboxylic acids is 1. The highest BCUT2D eigenvalue weighted by Gasteiger charge is 2.29. The van der Waals surface area contributed by atoms with E-state index in [9.17, 15) is 4.79 Å². The Bertz CT molecular complexity index is 558. The Hall–Kier alpha value is -1.69. The highest BCUT2D eigenvalue weighted by atomic mass is 16.5. The molecule has 23 heavy (non-hydrogen) atoms. The first-order valence-corrected chi connectivity index (χ1v) is 8.57. The minimum Gasteiger partial charge on any atom is -0.381 e. The molecule has 1 N–H and O–H groups in total. The van der Waals surface area contributed by atoms with Gasteiger partial charge in [-0.3, -0.25) is 9.78 Å². The van der Waals surface area contributed by atoms with Gasteiger partial charge in [-0.2, -0.15) is 0 Å². The van der Waals surface area contributed by atoms with Gasteiger partial charge in [0.2, 0.25) is 5.91 Å². The molecule has 0 spiro atoms. The Morgan fingerprint density at radius 1 is 1.30 bits per heavy atom. The summed E-state index contributed by atoms with van der Waals surface area (Å²) in [6.45, 7) is 7.11. The minimum atomic E-state index is 0.0355. The van der Waals surface area contributed by atoms with Crippen molar-refractivity contribution in [3.8, 4) is 0 Å². The quantitative estimate of drug-likeness (QED) is 0.917. The van der Waals surface area contributed by atoms with Gasteiger partial charge in [-0.15, -0.1) is 0 Å². The van der Waals surface area contributed by atoms with Crippen LogP contribution in [0.25, 0.3) is 0 Å². The molecule has 3 heterocycles. The molecule has 2 saturated heterocycles. The lowest BCUT2D eigenvalue weighted by Gasteiger charge is -2.34. The van der Waals surface area contributed by atoms with E-state index in [2.05, 4.69) is 20.2 Å². The summed E-state index contributed by atoms with van der Waals surface area (Å²) in [5.41, 5.74) is 1.85. The van der Waals surface area contributed by atoms with E-state index in [1.54, 1.807) is 6.20 Å². The maximum atomic E-state index is 12.6. The summed E-state index contributed by atoms with van der Waals surface area (Å²) in [7, 11) is 0. The number of anilines is 1. The van der Waals surface area contributed by atoms with Crippen molar-refractivity contribution in [2.24, 2.45) is 5.92 Å². The van der Waals surface area contributed by atoms with Crippen LogP contribution in [0.5, 0.6) is 0 Å². The summed E-state index contributed by atoms with van der Waals surface area (Å²) < 4.78 is 5.35. The Labute approximate surface area is 137 Å². The summed E-state index contributed by atoms with van der Waals surface area (Å²) in [4.78, 5) is 23.8. The molecule has 1 aromatic heterocycles. The molecule has 1 aromatic rings. The second-order valence-electron chi connectivity index (χ2n) is 6.60. The number of ether oxygens (including phenoxy) is 1. The second-order valence-corrected chi connectivity index (χ2v) is 6.60. The summed E-state index contributed by atoms with van der Waals surface area (Å²) in [6.07, 6.45) is 5.60. The maximum absolute atomic E-state index is 12.6. The van der Waals surface area contributed by atoms with Crippen molar-refractivity contribution in [1.29, 1.82) is 0 Å². The van der Waals surface area contributed by atoms with Crippen LogP contribution in [0.1, 0.15) is 37.1 Å². The van der Waals surface area contributed by atoms with Crippen molar-refractivity contribution >= 4 is 11.7 Å². The molecule has 1 atom stereocenters. The first-order valence-electron chi connectivity index (χ1n) is 8.57. The number of hydrogen-bond donors (Lipinski definition) is 1. The van der Waals surface area contributed by atoms with E-state index in [1.165, 1.54) is 0 Å². The van der Waals surface area contributed by atoms with Crippen LogP contribution in [-0.4, -0.2) is 48.2 Å². The van der Waals surface area contributed by atoms with Crippen LogP contribution in [0.3, 0.4) is 0 Å². The molecular weight excluding hydrogens is 292 g/mol. The summed E-state index contributed by atoms with van der Waals surface area (Å²) in [5, 5.41) is 3.20. The van der Waals surface area contributed by atoms with Crippen molar-refractivity contribution in [3.63, 3.8) is 0 Å². The third kappa shape index (κ3) is 3.99. The highest BCUT2D eigenvalue weighted by molar-refractivity contribution is 5.79. The monoisotopic (exact) mass is 318 g/mol. The Balaban J connectivity index is 1.63. The van der Waals surface area contributed by atoms with Gasteiger partial charge in [0.05, 0.1) is 17.3 Å². The number of carbonyl (C=O) groups is 1. The zero-order chi connectivity index (χ0) is 16.2. The normalized spacial score (nSPS) is 22.9. The fourth-order valence-electron chi connectivity index (χ4n) is 3.37. The van der Waals surface area contributed by atoms with E-state index in [0.717, 1.165) is 69.2 Å². The summed E-state index contributed by atoms with van der Waals surface area (Å²) >= 11 is 0. The van der Waals surface area contributed by atoms with Crippen LogP contribution in [0.2, 0.25) is 0 Å². The van der Waals surface area contributed by atoms with E-state index < -0.39 is 0 Å². The molecular formula is C17H26N4O2. The fraction of sp³-hybridized carbons (Fsp3) is 0.706. The van der Waals surface area contributed by atoms with Crippen molar-refractivity contribution in [1.82, 2.24) is 15.3 Å².